The Hall–Kier alpha value is -2.14. The van der Waals surface area contributed by atoms with Crippen molar-refractivity contribution in [3.63, 3.8) is 0 Å². The molecule has 1 aliphatic rings. The first-order valence-electron chi connectivity index (χ1n) is 7.61. The molecule has 116 valence electrons. The predicted molar refractivity (Wildman–Crippen MR) is 84.8 cm³/mol. The summed E-state index contributed by atoms with van der Waals surface area (Å²) >= 11 is 0. The van der Waals surface area contributed by atoms with Crippen molar-refractivity contribution in [1.29, 1.82) is 0 Å². The van der Waals surface area contributed by atoms with Gasteiger partial charge in [0.15, 0.2) is 0 Å². The van der Waals surface area contributed by atoms with Gasteiger partial charge in [0, 0.05) is 38.1 Å². The number of hydrogen-bond donors (Lipinski definition) is 0. The molecule has 2 aromatic rings. The van der Waals surface area contributed by atoms with E-state index in [-0.39, 0.29) is 12.1 Å². The Morgan fingerprint density at radius 2 is 2.14 bits per heavy atom. The first kappa shape index (κ1) is 14.8. The zero-order valence-corrected chi connectivity index (χ0v) is 13.0. The smallest absolute Gasteiger partial charge is 0.329 e. The third-order valence-electron chi connectivity index (χ3n) is 4.16. The van der Waals surface area contributed by atoms with E-state index in [1.165, 1.54) is 5.56 Å². The average molecular weight is 299 g/mol. The summed E-state index contributed by atoms with van der Waals surface area (Å²) in [5.41, 5.74) is 3.02. The van der Waals surface area contributed by atoms with Crippen LogP contribution in [0.4, 0.5) is 4.79 Å². The molecule has 1 aliphatic heterocycles. The van der Waals surface area contributed by atoms with Crippen LogP contribution in [0.5, 0.6) is 0 Å². The molecule has 0 atom stereocenters. The lowest BCUT2D eigenvalue weighted by molar-refractivity contribution is 0.0528. The fourth-order valence-corrected chi connectivity index (χ4v) is 2.79. The Bertz CT molecular complexity index is 659. The summed E-state index contributed by atoms with van der Waals surface area (Å²) in [5.74, 6) is 0. The Morgan fingerprint density at radius 3 is 2.86 bits per heavy atom. The first-order valence-corrected chi connectivity index (χ1v) is 7.61. The van der Waals surface area contributed by atoms with Crippen molar-refractivity contribution in [3.05, 3.63) is 42.4 Å². The van der Waals surface area contributed by atoms with E-state index >= 15 is 0 Å². The number of imidazole rings is 1. The summed E-state index contributed by atoms with van der Waals surface area (Å²) in [6, 6.07) is 8.32. The number of amides is 1. The monoisotopic (exact) mass is 299 g/mol. The number of nitrogens with zero attached hydrogens (tertiary/aromatic N) is 3. The van der Waals surface area contributed by atoms with Gasteiger partial charge in [-0.2, -0.15) is 0 Å². The van der Waals surface area contributed by atoms with E-state index in [1.807, 2.05) is 32.2 Å². The molecule has 0 bridgehead atoms. The predicted octanol–water partition coefficient (Wildman–Crippen LogP) is 2.94. The van der Waals surface area contributed by atoms with Gasteiger partial charge in [-0.1, -0.05) is 23.8 Å². The highest BCUT2D eigenvalue weighted by Crippen LogP contribution is 2.19. The Balaban J connectivity index is 1.76. The van der Waals surface area contributed by atoms with Gasteiger partial charge in [0.05, 0.1) is 5.69 Å². The van der Waals surface area contributed by atoms with Crippen LogP contribution in [0.15, 0.2) is 36.8 Å². The van der Waals surface area contributed by atoms with Crippen molar-refractivity contribution >= 4 is 6.03 Å². The molecule has 1 saturated heterocycles. The second kappa shape index (κ2) is 6.32. The lowest BCUT2D eigenvalue weighted by Gasteiger charge is -2.30. The molecular formula is C17H21N3O2. The third kappa shape index (κ3) is 3.04. The molecule has 0 spiro atoms. The van der Waals surface area contributed by atoms with E-state index in [0.29, 0.717) is 0 Å². The van der Waals surface area contributed by atoms with Gasteiger partial charge in [-0.3, -0.25) is 4.57 Å². The highest BCUT2D eigenvalue weighted by atomic mass is 16.5. The molecule has 2 heterocycles. The van der Waals surface area contributed by atoms with Crippen LogP contribution in [0, 0.1) is 6.92 Å². The van der Waals surface area contributed by atoms with E-state index in [2.05, 4.69) is 11.1 Å². The van der Waals surface area contributed by atoms with Crippen LogP contribution in [0.2, 0.25) is 0 Å². The van der Waals surface area contributed by atoms with E-state index in [0.717, 1.165) is 37.3 Å². The molecule has 0 aliphatic carbocycles. The third-order valence-corrected chi connectivity index (χ3v) is 4.16. The number of carbonyl (C=O) groups is 1. The highest BCUT2D eigenvalue weighted by molar-refractivity contribution is 5.78. The van der Waals surface area contributed by atoms with Crippen LogP contribution in [-0.4, -0.2) is 46.8 Å². The van der Waals surface area contributed by atoms with Gasteiger partial charge in [0.2, 0.25) is 0 Å². The number of ether oxygens (including phenoxy) is 1. The first-order chi connectivity index (χ1) is 10.6. The molecule has 0 radical (unpaired) electrons. The number of carbonyl (C=O) groups excluding carboxylic acids is 1. The molecule has 5 heteroatoms. The van der Waals surface area contributed by atoms with Gasteiger partial charge >= 0.3 is 6.03 Å². The minimum atomic E-state index is -0.0432. The fourth-order valence-electron chi connectivity index (χ4n) is 2.79. The lowest BCUT2D eigenvalue weighted by Crippen LogP contribution is -2.42. The summed E-state index contributed by atoms with van der Waals surface area (Å²) in [5, 5.41) is 0. The molecule has 0 unspecified atom stereocenters. The summed E-state index contributed by atoms with van der Waals surface area (Å²) < 4.78 is 6.91. The van der Waals surface area contributed by atoms with Crippen LogP contribution in [0.25, 0.3) is 11.3 Å². The molecule has 3 rings (SSSR count). The van der Waals surface area contributed by atoms with E-state index < -0.39 is 0 Å². The van der Waals surface area contributed by atoms with Crippen molar-refractivity contribution in [2.45, 2.75) is 25.8 Å². The summed E-state index contributed by atoms with van der Waals surface area (Å²) in [7, 11) is 1.85. The van der Waals surface area contributed by atoms with Crippen molar-refractivity contribution in [3.8, 4) is 11.3 Å². The molecular weight excluding hydrogens is 278 g/mol. The number of benzene rings is 1. The quantitative estimate of drug-likeness (QED) is 0.856. The molecule has 5 nitrogen and oxygen atoms in total. The van der Waals surface area contributed by atoms with Crippen molar-refractivity contribution < 1.29 is 9.53 Å². The van der Waals surface area contributed by atoms with Crippen LogP contribution in [0.1, 0.15) is 18.4 Å². The summed E-state index contributed by atoms with van der Waals surface area (Å²) in [4.78, 5) is 18.7. The van der Waals surface area contributed by atoms with Gasteiger partial charge in [0.1, 0.15) is 6.33 Å². The average Bonchev–Trinajstić information content (AvgIpc) is 3.04. The topological polar surface area (TPSA) is 47.4 Å². The molecule has 0 saturated carbocycles. The maximum absolute atomic E-state index is 12.6. The molecule has 1 fully saturated rings. The van der Waals surface area contributed by atoms with Crippen LogP contribution in [0.3, 0.4) is 0 Å². The fraction of sp³-hybridized carbons (Fsp3) is 0.412. The second-order valence-corrected chi connectivity index (χ2v) is 5.77. The van der Waals surface area contributed by atoms with Gasteiger partial charge in [-0.05, 0) is 25.8 Å². The van der Waals surface area contributed by atoms with Gasteiger partial charge in [-0.15, -0.1) is 0 Å². The lowest BCUT2D eigenvalue weighted by atomic mass is 10.1. The second-order valence-electron chi connectivity index (χ2n) is 5.77. The maximum Gasteiger partial charge on any atom is 0.329 e. The van der Waals surface area contributed by atoms with Crippen molar-refractivity contribution in [2.75, 3.05) is 20.3 Å². The normalized spacial score (nSPS) is 15.7. The Labute approximate surface area is 130 Å². The largest absolute Gasteiger partial charge is 0.381 e. The van der Waals surface area contributed by atoms with Gasteiger partial charge in [0.25, 0.3) is 0 Å². The Morgan fingerprint density at radius 1 is 1.36 bits per heavy atom. The number of hydrogen-bond acceptors (Lipinski definition) is 3. The summed E-state index contributed by atoms with van der Waals surface area (Å²) in [6.07, 6.45) is 5.17. The molecule has 1 aromatic carbocycles. The zero-order valence-electron chi connectivity index (χ0n) is 13.0. The van der Waals surface area contributed by atoms with Crippen LogP contribution < -0.4 is 0 Å². The molecule has 0 N–H and O–H groups in total. The summed E-state index contributed by atoms with van der Waals surface area (Å²) in [6.45, 7) is 3.49. The van der Waals surface area contributed by atoms with E-state index in [9.17, 15) is 4.79 Å². The zero-order chi connectivity index (χ0) is 15.5. The number of aromatic nitrogens is 2. The van der Waals surface area contributed by atoms with Crippen LogP contribution in [-0.2, 0) is 4.74 Å². The molecule has 1 aromatic heterocycles. The van der Waals surface area contributed by atoms with Gasteiger partial charge < -0.3 is 9.64 Å². The molecule has 1 amide bonds. The minimum absolute atomic E-state index is 0.0432. The van der Waals surface area contributed by atoms with E-state index in [1.54, 1.807) is 22.0 Å². The maximum atomic E-state index is 12.6. The minimum Gasteiger partial charge on any atom is -0.381 e. The highest BCUT2D eigenvalue weighted by Gasteiger charge is 2.23. The number of aryl methyl sites for hydroxylation is 1. The molecule has 22 heavy (non-hydrogen) atoms. The van der Waals surface area contributed by atoms with Crippen LogP contribution >= 0.6 is 0 Å². The Kier molecular flexibility index (Phi) is 4.24. The standard InChI is InChI=1S/C17H21N3O2/c1-13-4-3-5-14(10-13)16-11-20(12-18-16)17(21)19(2)15-6-8-22-9-7-15/h3-5,10-12,15H,6-9H2,1-2H3. The van der Waals surface area contributed by atoms with E-state index in [4.69, 9.17) is 4.74 Å². The van der Waals surface area contributed by atoms with Crippen molar-refractivity contribution in [2.24, 2.45) is 0 Å². The van der Waals surface area contributed by atoms with Gasteiger partial charge in [-0.25, -0.2) is 9.78 Å². The van der Waals surface area contributed by atoms with Crippen molar-refractivity contribution in [1.82, 2.24) is 14.5 Å². The number of rotatable bonds is 2. The SMILES string of the molecule is Cc1cccc(-c2cn(C(=O)N(C)C3CCOCC3)cn2)c1.